The average molecular weight is 281 g/mol. The van der Waals surface area contributed by atoms with Gasteiger partial charge in [0.15, 0.2) is 0 Å². The molecule has 0 aliphatic heterocycles. The van der Waals surface area contributed by atoms with E-state index in [1.165, 1.54) is 0 Å². The summed E-state index contributed by atoms with van der Waals surface area (Å²) in [5.74, 6) is 0.222. The Balaban J connectivity index is 0. The largest absolute Gasteiger partial charge is 0.372 e. The number of nitrogens with two attached hydrogens (primary N) is 1. The van der Waals surface area contributed by atoms with Gasteiger partial charge in [0.2, 0.25) is 5.91 Å². The van der Waals surface area contributed by atoms with Crippen LogP contribution in [0.3, 0.4) is 0 Å². The van der Waals surface area contributed by atoms with Crippen molar-refractivity contribution in [2.75, 3.05) is 19.8 Å². The van der Waals surface area contributed by atoms with Crippen molar-refractivity contribution in [1.82, 2.24) is 5.32 Å². The highest BCUT2D eigenvalue weighted by Gasteiger charge is 2.28. The van der Waals surface area contributed by atoms with Crippen molar-refractivity contribution in [2.24, 2.45) is 11.7 Å². The number of nitrogens with one attached hydrogen (secondary N) is 1. The van der Waals surface area contributed by atoms with Crippen LogP contribution < -0.4 is 11.1 Å². The number of amides is 1. The van der Waals surface area contributed by atoms with Gasteiger partial charge in [0.25, 0.3) is 0 Å². The molecule has 0 radical (unpaired) electrons. The van der Waals surface area contributed by atoms with Crippen LogP contribution >= 0.6 is 12.4 Å². The first-order valence-corrected chi connectivity index (χ1v) is 6.55. The van der Waals surface area contributed by atoms with E-state index in [0.717, 1.165) is 19.3 Å². The fraction of sp³-hybridized carbons (Fsp3) is 0.923. The van der Waals surface area contributed by atoms with Crippen molar-refractivity contribution in [3.8, 4) is 0 Å². The molecule has 0 saturated heterocycles. The minimum Gasteiger partial charge on any atom is -0.372 e. The van der Waals surface area contributed by atoms with Gasteiger partial charge in [0, 0.05) is 13.2 Å². The molecule has 1 amide bonds. The predicted octanol–water partition coefficient (Wildman–Crippen LogP) is 2.10. The number of carbonyl (C=O) groups excluding carboxylic acids is 1. The van der Waals surface area contributed by atoms with Gasteiger partial charge in [-0.3, -0.25) is 4.79 Å². The van der Waals surface area contributed by atoms with Crippen molar-refractivity contribution < 1.29 is 9.53 Å². The van der Waals surface area contributed by atoms with Gasteiger partial charge in [-0.25, -0.2) is 0 Å². The zero-order valence-corrected chi connectivity index (χ0v) is 12.9. The summed E-state index contributed by atoms with van der Waals surface area (Å²) < 4.78 is 5.31. The molecule has 0 aromatic heterocycles. The highest BCUT2D eigenvalue weighted by atomic mass is 35.5. The van der Waals surface area contributed by atoms with E-state index >= 15 is 0 Å². The third-order valence-electron chi connectivity index (χ3n) is 3.25. The molecule has 0 spiro atoms. The number of hydrogen-bond donors (Lipinski definition) is 2. The van der Waals surface area contributed by atoms with Crippen molar-refractivity contribution in [3.05, 3.63) is 0 Å². The van der Waals surface area contributed by atoms with E-state index in [1.54, 1.807) is 0 Å². The molecule has 1 unspecified atom stereocenters. The molecule has 0 rings (SSSR count). The normalized spacial score (nSPS) is 13.9. The highest BCUT2D eigenvalue weighted by molar-refractivity contribution is 5.85. The van der Waals surface area contributed by atoms with Crippen LogP contribution in [0.15, 0.2) is 0 Å². The maximum absolute atomic E-state index is 11.7. The van der Waals surface area contributed by atoms with Gasteiger partial charge in [-0.1, -0.05) is 33.6 Å². The second-order valence-corrected chi connectivity index (χ2v) is 5.08. The second-order valence-electron chi connectivity index (χ2n) is 5.08. The lowest BCUT2D eigenvalue weighted by molar-refractivity contribution is -0.128. The third kappa shape index (κ3) is 7.90. The summed E-state index contributed by atoms with van der Waals surface area (Å²) in [4.78, 5) is 11.7. The molecule has 0 aliphatic carbocycles. The maximum atomic E-state index is 11.7. The summed E-state index contributed by atoms with van der Waals surface area (Å²) in [6, 6.07) is 0. The molecule has 0 bridgehead atoms. The second kappa shape index (κ2) is 10.6. The van der Waals surface area contributed by atoms with E-state index in [-0.39, 0.29) is 30.5 Å². The van der Waals surface area contributed by atoms with Gasteiger partial charge < -0.3 is 15.8 Å². The molecular formula is C13H29ClN2O2. The van der Waals surface area contributed by atoms with Crippen LogP contribution in [0.5, 0.6) is 0 Å². The standard InChI is InChI=1S/C13H28N2O2.ClH/c1-5-6-7-8-17-9-12(16)15-13(4,10-14)11(2)3;/h11H,5-10,14H2,1-4H3,(H,15,16);1H. The van der Waals surface area contributed by atoms with Crippen LogP contribution in [0.1, 0.15) is 47.0 Å². The molecule has 3 N–H and O–H groups in total. The summed E-state index contributed by atoms with van der Waals surface area (Å²) in [6.45, 7) is 9.43. The number of ether oxygens (including phenoxy) is 1. The monoisotopic (exact) mass is 280 g/mol. The molecular weight excluding hydrogens is 252 g/mol. The Morgan fingerprint density at radius 3 is 2.44 bits per heavy atom. The van der Waals surface area contributed by atoms with Gasteiger partial charge in [-0.15, -0.1) is 12.4 Å². The van der Waals surface area contributed by atoms with E-state index < -0.39 is 0 Å². The number of carbonyl (C=O) groups is 1. The Morgan fingerprint density at radius 2 is 2.00 bits per heavy atom. The molecule has 0 heterocycles. The summed E-state index contributed by atoms with van der Waals surface area (Å²) in [7, 11) is 0. The molecule has 4 nitrogen and oxygen atoms in total. The van der Waals surface area contributed by atoms with Gasteiger partial charge >= 0.3 is 0 Å². The fourth-order valence-electron chi connectivity index (χ4n) is 1.40. The van der Waals surface area contributed by atoms with Crippen LogP contribution in [-0.4, -0.2) is 31.2 Å². The first-order valence-electron chi connectivity index (χ1n) is 6.55. The lowest BCUT2D eigenvalue weighted by Gasteiger charge is -2.33. The van der Waals surface area contributed by atoms with Crippen LogP contribution in [-0.2, 0) is 9.53 Å². The fourth-order valence-corrected chi connectivity index (χ4v) is 1.40. The SMILES string of the molecule is CCCCCOCC(=O)NC(C)(CN)C(C)C.Cl. The van der Waals surface area contributed by atoms with Gasteiger partial charge in [0.1, 0.15) is 6.61 Å². The molecule has 0 saturated carbocycles. The number of rotatable bonds is 9. The van der Waals surface area contributed by atoms with Crippen molar-refractivity contribution in [2.45, 2.75) is 52.5 Å². The predicted molar refractivity (Wildman–Crippen MR) is 78.0 cm³/mol. The lowest BCUT2D eigenvalue weighted by atomic mass is 9.88. The quantitative estimate of drug-likeness (QED) is 0.636. The van der Waals surface area contributed by atoms with Gasteiger partial charge in [-0.2, -0.15) is 0 Å². The molecule has 0 fully saturated rings. The zero-order chi connectivity index (χ0) is 13.3. The molecule has 0 aliphatic rings. The van der Waals surface area contributed by atoms with E-state index in [1.807, 2.05) is 6.92 Å². The Labute approximate surface area is 117 Å². The summed E-state index contributed by atoms with van der Waals surface area (Å²) in [5.41, 5.74) is 5.35. The average Bonchev–Trinajstić information content (AvgIpc) is 2.28. The maximum Gasteiger partial charge on any atom is 0.246 e. The first kappa shape index (κ1) is 20.0. The lowest BCUT2D eigenvalue weighted by Crippen LogP contribution is -2.55. The Kier molecular flexibility index (Phi) is 11.8. The van der Waals surface area contributed by atoms with Crippen molar-refractivity contribution in [1.29, 1.82) is 0 Å². The van der Waals surface area contributed by atoms with E-state index in [9.17, 15) is 4.79 Å². The smallest absolute Gasteiger partial charge is 0.246 e. The van der Waals surface area contributed by atoms with Gasteiger partial charge in [0.05, 0.1) is 5.54 Å². The molecule has 0 aromatic carbocycles. The van der Waals surface area contributed by atoms with E-state index in [2.05, 4.69) is 26.1 Å². The van der Waals surface area contributed by atoms with Crippen molar-refractivity contribution in [3.63, 3.8) is 0 Å². The summed E-state index contributed by atoms with van der Waals surface area (Å²) in [5, 5.41) is 2.94. The third-order valence-corrected chi connectivity index (χ3v) is 3.25. The Morgan fingerprint density at radius 1 is 1.39 bits per heavy atom. The van der Waals surface area contributed by atoms with Crippen LogP contribution in [0, 0.1) is 5.92 Å². The van der Waals surface area contributed by atoms with E-state index in [0.29, 0.717) is 19.1 Å². The summed E-state index contributed by atoms with van der Waals surface area (Å²) in [6.07, 6.45) is 3.32. The molecule has 0 aromatic rings. The molecule has 5 heteroatoms. The van der Waals surface area contributed by atoms with Crippen LogP contribution in [0.25, 0.3) is 0 Å². The first-order chi connectivity index (χ1) is 7.96. The molecule has 110 valence electrons. The van der Waals surface area contributed by atoms with Gasteiger partial charge in [-0.05, 0) is 19.3 Å². The number of unbranched alkanes of at least 4 members (excludes halogenated alkanes) is 2. The topological polar surface area (TPSA) is 64.3 Å². The zero-order valence-electron chi connectivity index (χ0n) is 12.1. The van der Waals surface area contributed by atoms with Crippen molar-refractivity contribution >= 4 is 18.3 Å². The van der Waals surface area contributed by atoms with Crippen LogP contribution in [0.2, 0.25) is 0 Å². The number of hydrogen-bond acceptors (Lipinski definition) is 3. The minimum absolute atomic E-state index is 0. The Bertz CT molecular complexity index is 225. The van der Waals surface area contributed by atoms with E-state index in [4.69, 9.17) is 10.5 Å². The minimum atomic E-state index is -0.343. The van der Waals surface area contributed by atoms with Crippen LogP contribution in [0.4, 0.5) is 0 Å². The summed E-state index contributed by atoms with van der Waals surface area (Å²) >= 11 is 0. The number of halogens is 1. The molecule has 1 atom stereocenters. The Hall–Kier alpha value is -0.320. The molecule has 18 heavy (non-hydrogen) atoms. The highest BCUT2D eigenvalue weighted by Crippen LogP contribution is 2.14.